The molecule has 0 fully saturated rings. The zero-order valence-corrected chi connectivity index (χ0v) is 17.0. The first-order valence-corrected chi connectivity index (χ1v) is 9.83. The number of oxazole rings is 1. The van der Waals surface area contributed by atoms with E-state index in [1.807, 2.05) is 42.5 Å². The van der Waals surface area contributed by atoms with Crippen LogP contribution in [-0.4, -0.2) is 32.1 Å². The predicted molar refractivity (Wildman–Crippen MR) is 117 cm³/mol. The molecule has 32 heavy (non-hydrogen) atoms. The van der Waals surface area contributed by atoms with Crippen LogP contribution < -0.4 is 16.2 Å². The Kier molecular flexibility index (Phi) is 6.09. The molecule has 1 unspecified atom stereocenters. The number of hydrogen-bond acceptors (Lipinski definition) is 8. The highest BCUT2D eigenvalue weighted by molar-refractivity contribution is 5.73. The van der Waals surface area contributed by atoms with Crippen LogP contribution >= 0.6 is 0 Å². The van der Waals surface area contributed by atoms with Gasteiger partial charge in [-0.15, -0.1) is 0 Å². The SMILES string of the molecule is Nc1nc(OC(c2ccccc2)c2ncco2)cc(-c2ccc(C[C@H](N)C(=O)O)cc2)n1. The van der Waals surface area contributed by atoms with Gasteiger partial charge in [-0.2, -0.15) is 4.98 Å². The molecular formula is C23H21N5O4. The van der Waals surface area contributed by atoms with Crippen LogP contribution in [-0.2, 0) is 11.2 Å². The average Bonchev–Trinajstić information content (AvgIpc) is 3.33. The van der Waals surface area contributed by atoms with Gasteiger partial charge in [-0.3, -0.25) is 4.79 Å². The van der Waals surface area contributed by atoms with Crippen LogP contribution in [0.25, 0.3) is 11.3 Å². The molecule has 0 radical (unpaired) electrons. The molecular weight excluding hydrogens is 410 g/mol. The molecule has 9 heteroatoms. The summed E-state index contributed by atoms with van der Waals surface area (Å²) in [5.74, 6) is -0.349. The normalized spacial score (nSPS) is 12.8. The molecule has 2 heterocycles. The van der Waals surface area contributed by atoms with Gasteiger partial charge in [0.15, 0.2) is 0 Å². The molecule has 0 bridgehead atoms. The molecule has 0 amide bonds. The Hall–Kier alpha value is -4.24. The standard InChI is InChI=1S/C23H21N5O4/c24-17(22(29)30)12-14-6-8-15(9-7-14)18-13-19(28-23(25)27-18)32-20(21-26-10-11-31-21)16-4-2-1-3-5-16/h1-11,13,17,20H,12,24H2,(H,29,30)(H2,25,27,28)/t17-,20?/m0/s1. The number of hydrogen-bond donors (Lipinski definition) is 3. The van der Waals surface area contributed by atoms with Crippen molar-refractivity contribution in [1.29, 1.82) is 0 Å². The molecule has 2 atom stereocenters. The molecule has 0 aliphatic carbocycles. The third-order valence-corrected chi connectivity index (χ3v) is 4.76. The van der Waals surface area contributed by atoms with Gasteiger partial charge in [0.1, 0.15) is 12.3 Å². The lowest BCUT2D eigenvalue weighted by molar-refractivity contribution is -0.138. The van der Waals surface area contributed by atoms with Crippen LogP contribution in [0.2, 0.25) is 0 Å². The third kappa shape index (κ3) is 4.90. The minimum atomic E-state index is -1.04. The van der Waals surface area contributed by atoms with Crippen molar-refractivity contribution in [1.82, 2.24) is 15.0 Å². The highest BCUT2D eigenvalue weighted by atomic mass is 16.5. The number of rotatable bonds is 8. The first-order chi connectivity index (χ1) is 15.5. The van der Waals surface area contributed by atoms with Crippen molar-refractivity contribution in [2.24, 2.45) is 5.73 Å². The molecule has 0 saturated heterocycles. The highest BCUT2D eigenvalue weighted by Gasteiger charge is 2.22. The number of ether oxygens (including phenoxy) is 1. The second kappa shape index (κ2) is 9.27. The Morgan fingerprint density at radius 2 is 1.84 bits per heavy atom. The quantitative estimate of drug-likeness (QED) is 0.382. The van der Waals surface area contributed by atoms with Crippen LogP contribution in [0.4, 0.5) is 5.95 Å². The number of aromatic nitrogens is 3. The van der Waals surface area contributed by atoms with Gasteiger partial charge in [-0.1, -0.05) is 54.6 Å². The van der Waals surface area contributed by atoms with Gasteiger partial charge in [-0.25, -0.2) is 9.97 Å². The molecule has 2 aromatic heterocycles. The van der Waals surface area contributed by atoms with Crippen LogP contribution in [0.15, 0.2) is 77.5 Å². The summed E-state index contributed by atoms with van der Waals surface area (Å²) in [5, 5.41) is 8.98. The maximum atomic E-state index is 11.0. The second-order valence-electron chi connectivity index (χ2n) is 7.07. The van der Waals surface area contributed by atoms with Gasteiger partial charge < -0.3 is 25.7 Å². The van der Waals surface area contributed by atoms with E-state index in [2.05, 4.69) is 15.0 Å². The lowest BCUT2D eigenvalue weighted by atomic mass is 10.0. The molecule has 5 N–H and O–H groups in total. The molecule has 0 spiro atoms. The fraction of sp³-hybridized carbons (Fsp3) is 0.130. The molecule has 4 aromatic rings. The minimum absolute atomic E-state index is 0.0497. The van der Waals surface area contributed by atoms with Crippen LogP contribution in [0.3, 0.4) is 0 Å². The van der Waals surface area contributed by atoms with E-state index in [9.17, 15) is 4.79 Å². The molecule has 0 aliphatic heterocycles. The van der Waals surface area contributed by atoms with Gasteiger partial charge in [0.25, 0.3) is 0 Å². The van der Waals surface area contributed by atoms with Crippen molar-refractivity contribution in [3.63, 3.8) is 0 Å². The van der Waals surface area contributed by atoms with E-state index in [1.54, 1.807) is 24.4 Å². The number of nitrogen functional groups attached to an aromatic ring is 1. The number of carboxylic acid groups (broad SMARTS) is 1. The van der Waals surface area contributed by atoms with E-state index in [-0.39, 0.29) is 18.2 Å². The van der Waals surface area contributed by atoms with Crippen molar-refractivity contribution in [2.45, 2.75) is 18.6 Å². The molecule has 4 rings (SSSR count). The van der Waals surface area contributed by atoms with Gasteiger partial charge in [0.05, 0.1) is 11.9 Å². The Morgan fingerprint density at radius 1 is 1.09 bits per heavy atom. The topological polar surface area (TPSA) is 150 Å². The van der Waals surface area contributed by atoms with Gasteiger partial charge in [0, 0.05) is 17.2 Å². The highest BCUT2D eigenvalue weighted by Crippen LogP contribution is 2.29. The Morgan fingerprint density at radius 3 is 2.50 bits per heavy atom. The number of benzene rings is 2. The summed E-state index contributed by atoms with van der Waals surface area (Å²) < 4.78 is 11.6. The monoisotopic (exact) mass is 431 g/mol. The zero-order valence-electron chi connectivity index (χ0n) is 17.0. The fourth-order valence-electron chi connectivity index (χ4n) is 3.18. The number of carbonyl (C=O) groups is 1. The number of aliphatic carboxylic acids is 1. The molecule has 162 valence electrons. The summed E-state index contributed by atoms with van der Waals surface area (Å²) in [7, 11) is 0. The lowest BCUT2D eigenvalue weighted by Crippen LogP contribution is -2.32. The van der Waals surface area contributed by atoms with Crippen molar-refractivity contribution >= 4 is 11.9 Å². The van der Waals surface area contributed by atoms with E-state index >= 15 is 0 Å². The minimum Gasteiger partial charge on any atom is -0.480 e. The van der Waals surface area contributed by atoms with Crippen LogP contribution in [0.1, 0.15) is 23.1 Å². The van der Waals surface area contributed by atoms with E-state index in [0.717, 1.165) is 16.7 Å². The molecule has 0 saturated carbocycles. The summed E-state index contributed by atoms with van der Waals surface area (Å²) in [5.41, 5.74) is 14.5. The summed E-state index contributed by atoms with van der Waals surface area (Å²) in [6.07, 6.45) is 2.64. The Labute approximate surface area is 183 Å². The first-order valence-electron chi connectivity index (χ1n) is 9.83. The number of carboxylic acids is 1. The van der Waals surface area contributed by atoms with E-state index in [0.29, 0.717) is 11.6 Å². The molecule has 9 nitrogen and oxygen atoms in total. The maximum Gasteiger partial charge on any atom is 0.320 e. The summed E-state index contributed by atoms with van der Waals surface area (Å²) in [6.45, 7) is 0. The van der Waals surface area contributed by atoms with Crippen molar-refractivity contribution in [2.75, 3.05) is 5.73 Å². The van der Waals surface area contributed by atoms with Crippen LogP contribution in [0.5, 0.6) is 5.88 Å². The molecule has 0 aliphatic rings. The van der Waals surface area contributed by atoms with E-state index in [4.69, 9.17) is 25.7 Å². The lowest BCUT2D eigenvalue weighted by Gasteiger charge is -2.16. The number of nitrogens with two attached hydrogens (primary N) is 2. The van der Waals surface area contributed by atoms with Crippen LogP contribution in [0, 0.1) is 0 Å². The van der Waals surface area contributed by atoms with Crippen molar-refractivity contribution < 1.29 is 19.1 Å². The maximum absolute atomic E-state index is 11.0. The summed E-state index contributed by atoms with van der Waals surface area (Å²) in [4.78, 5) is 23.7. The first kappa shape index (κ1) is 21.0. The van der Waals surface area contributed by atoms with Gasteiger partial charge in [0.2, 0.25) is 23.8 Å². The number of nitrogens with zero attached hydrogens (tertiary/aromatic N) is 3. The second-order valence-corrected chi connectivity index (χ2v) is 7.07. The zero-order chi connectivity index (χ0) is 22.5. The average molecular weight is 431 g/mol. The smallest absolute Gasteiger partial charge is 0.320 e. The van der Waals surface area contributed by atoms with Gasteiger partial charge >= 0.3 is 5.97 Å². The largest absolute Gasteiger partial charge is 0.480 e. The fourth-order valence-corrected chi connectivity index (χ4v) is 3.18. The number of anilines is 1. The van der Waals surface area contributed by atoms with E-state index in [1.165, 1.54) is 6.26 Å². The Bertz CT molecular complexity index is 1180. The Balaban J connectivity index is 1.60. The summed E-state index contributed by atoms with van der Waals surface area (Å²) >= 11 is 0. The van der Waals surface area contributed by atoms with Gasteiger partial charge in [-0.05, 0) is 12.0 Å². The molecule has 2 aromatic carbocycles. The predicted octanol–water partition coefficient (Wildman–Crippen LogP) is 2.84. The van der Waals surface area contributed by atoms with Crippen molar-refractivity contribution in [3.05, 3.63) is 90.1 Å². The summed E-state index contributed by atoms with van der Waals surface area (Å²) in [6, 6.07) is 17.5. The van der Waals surface area contributed by atoms with E-state index < -0.39 is 18.1 Å². The van der Waals surface area contributed by atoms with Crippen molar-refractivity contribution in [3.8, 4) is 17.1 Å². The third-order valence-electron chi connectivity index (χ3n) is 4.76.